The van der Waals surface area contributed by atoms with E-state index in [2.05, 4.69) is 5.73 Å². The number of fused-ring (bicyclic) bond motifs is 6. The van der Waals surface area contributed by atoms with Crippen LogP contribution in [0.3, 0.4) is 0 Å². The molecule has 1 aliphatic carbocycles. The van der Waals surface area contributed by atoms with E-state index in [1.807, 2.05) is 60.7 Å². The zero-order valence-corrected chi connectivity index (χ0v) is 16.8. The zero-order chi connectivity index (χ0) is 20.7. The molecule has 2 aromatic carbocycles. The molecule has 2 aromatic rings. The highest BCUT2D eigenvalue weighted by molar-refractivity contribution is 5.96. The molecule has 3 unspecified atom stereocenters. The van der Waals surface area contributed by atoms with Crippen molar-refractivity contribution in [1.29, 1.82) is 0 Å². The van der Waals surface area contributed by atoms with E-state index in [0.717, 1.165) is 24.1 Å². The van der Waals surface area contributed by atoms with E-state index in [-0.39, 0.29) is 18.0 Å². The minimum absolute atomic E-state index is 0.196. The summed E-state index contributed by atoms with van der Waals surface area (Å²) in [6.07, 6.45) is 6.59. The Morgan fingerprint density at radius 1 is 1.13 bits per heavy atom. The van der Waals surface area contributed by atoms with Crippen molar-refractivity contribution in [3.05, 3.63) is 83.1 Å². The van der Waals surface area contributed by atoms with E-state index >= 15 is 0 Å². The fourth-order valence-electron chi connectivity index (χ4n) is 4.46. The van der Waals surface area contributed by atoms with Gasteiger partial charge in [0.1, 0.15) is 17.3 Å². The summed E-state index contributed by atoms with van der Waals surface area (Å²) in [5.41, 5.74) is 5.11. The fraction of sp³-hybridized carbons (Fsp3) is 0.292. The molecular weight excluding hydrogens is 382 g/mol. The number of rotatable bonds is 5. The van der Waals surface area contributed by atoms with Crippen LogP contribution in [0.1, 0.15) is 27.9 Å². The number of carbonyl (C=O) groups excluding carboxylic acids is 1. The van der Waals surface area contributed by atoms with Crippen LogP contribution in [0.4, 0.5) is 0 Å². The molecule has 6 heteroatoms. The minimum atomic E-state index is -0.978. The van der Waals surface area contributed by atoms with Crippen LogP contribution in [0.25, 0.3) is 0 Å². The number of carbonyl (C=O) groups is 1. The van der Waals surface area contributed by atoms with E-state index in [1.54, 1.807) is 7.11 Å². The minimum Gasteiger partial charge on any atom is -0.493 e. The van der Waals surface area contributed by atoms with Crippen molar-refractivity contribution in [2.24, 2.45) is 5.92 Å². The monoisotopic (exact) mass is 406 g/mol. The lowest BCUT2D eigenvalue weighted by Gasteiger charge is -2.43. The van der Waals surface area contributed by atoms with Gasteiger partial charge in [-0.3, -0.25) is 0 Å². The maximum absolute atomic E-state index is 12.8. The molecule has 2 aliphatic heterocycles. The van der Waals surface area contributed by atoms with Gasteiger partial charge in [0, 0.05) is 30.7 Å². The van der Waals surface area contributed by atoms with Crippen molar-refractivity contribution >= 4 is 5.97 Å². The van der Waals surface area contributed by atoms with Crippen LogP contribution in [0.2, 0.25) is 0 Å². The van der Waals surface area contributed by atoms with Crippen molar-refractivity contribution in [2.45, 2.75) is 18.1 Å². The van der Waals surface area contributed by atoms with Gasteiger partial charge in [0.2, 0.25) is 0 Å². The third kappa shape index (κ3) is 2.75. The molecule has 0 bridgehead atoms. The zero-order valence-electron chi connectivity index (χ0n) is 16.8. The van der Waals surface area contributed by atoms with Crippen LogP contribution >= 0.6 is 0 Å². The first-order chi connectivity index (χ1) is 14.7. The van der Waals surface area contributed by atoms with E-state index in [1.165, 1.54) is 0 Å². The number of benzene rings is 2. The van der Waals surface area contributed by atoms with Crippen molar-refractivity contribution in [3.63, 3.8) is 0 Å². The van der Waals surface area contributed by atoms with Gasteiger partial charge < -0.3 is 24.7 Å². The molecule has 0 saturated heterocycles. The van der Waals surface area contributed by atoms with Gasteiger partial charge in [-0.05, 0) is 24.3 Å². The summed E-state index contributed by atoms with van der Waals surface area (Å²) < 4.78 is 23.8. The van der Waals surface area contributed by atoms with Gasteiger partial charge in [0.25, 0.3) is 0 Å². The first kappa shape index (κ1) is 18.9. The summed E-state index contributed by atoms with van der Waals surface area (Å²) >= 11 is 0. The fourth-order valence-corrected chi connectivity index (χ4v) is 4.46. The van der Waals surface area contributed by atoms with Crippen LogP contribution in [0, 0.1) is 5.92 Å². The molecule has 3 atom stereocenters. The molecule has 0 saturated carbocycles. The number of hydrogen-bond acceptors (Lipinski definition) is 5. The predicted molar refractivity (Wildman–Crippen MR) is 109 cm³/mol. The molecule has 0 aromatic heterocycles. The van der Waals surface area contributed by atoms with Gasteiger partial charge in [0.05, 0.1) is 30.7 Å². The van der Waals surface area contributed by atoms with Crippen LogP contribution in [-0.2, 0) is 15.1 Å². The van der Waals surface area contributed by atoms with E-state index in [9.17, 15) is 4.79 Å². The average Bonchev–Trinajstić information content (AvgIpc) is 3.07. The Labute approximate surface area is 174 Å². The third-order valence-corrected chi connectivity index (χ3v) is 5.88. The number of hydrogen-bond donors (Lipinski definition) is 1. The molecule has 6 nitrogen and oxygen atoms in total. The molecule has 3 N–H and O–H groups in total. The van der Waals surface area contributed by atoms with Crippen LogP contribution in [0.15, 0.2) is 66.5 Å². The molecular formula is C24H24NO5+. The van der Waals surface area contributed by atoms with Crippen molar-refractivity contribution in [3.8, 4) is 11.5 Å². The summed E-state index contributed by atoms with van der Waals surface area (Å²) in [6, 6.07) is 13.3. The van der Waals surface area contributed by atoms with Crippen molar-refractivity contribution in [1.82, 2.24) is 0 Å². The normalized spacial score (nSPS) is 25.7. The van der Waals surface area contributed by atoms with Crippen molar-refractivity contribution in [2.75, 3.05) is 20.3 Å². The van der Waals surface area contributed by atoms with Gasteiger partial charge in [-0.25, -0.2) is 4.79 Å². The molecule has 30 heavy (non-hydrogen) atoms. The number of ether oxygens (including phenoxy) is 4. The quantitative estimate of drug-likeness (QED) is 0.469. The van der Waals surface area contributed by atoms with Gasteiger partial charge in [-0.15, -0.1) is 0 Å². The largest absolute Gasteiger partial charge is 0.493 e. The maximum atomic E-state index is 12.8. The molecule has 2 heterocycles. The summed E-state index contributed by atoms with van der Waals surface area (Å²) in [4.78, 5) is 12.8. The first-order valence-corrected chi connectivity index (χ1v) is 10.2. The molecule has 0 radical (unpaired) electrons. The second-order valence-corrected chi connectivity index (χ2v) is 7.62. The SMILES string of the molecule is COC1C=CC2C(=C1)Oc1cc(OCCC[NH3+])ccc1C21OC(=O)c2ccccc21. The van der Waals surface area contributed by atoms with Gasteiger partial charge in [-0.2, -0.15) is 0 Å². The summed E-state index contributed by atoms with van der Waals surface area (Å²) in [6.45, 7) is 1.40. The van der Waals surface area contributed by atoms with Crippen LogP contribution < -0.4 is 15.2 Å². The Hall–Kier alpha value is -3.09. The van der Waals surface area contributed by atoms with Crippen molar-refractivity contribution < 1.29 is 29.5 Å². The molecule has 3 aliphatic rings. The Balaban J connectivity index is 1.67. The lowest BCUT2D eigenvalue weighted by molar-refractivity contribution is -0.368. The van der Waals surface area contributed by atoms with Crippen LogP contribution in [0.5, 0.6) is 11.5 Å². The molecule has 5 rings (SSSR count). The van der Waals surface area contributed by atoms with Gasteiger partial charge >= 0.3 is 5.97 Å². The Morgan fingerprint density at radius 2 is 2.00 bits per heavy atom. The number of esters is 1. The summed E-state index contributed by atoms with van der Waals surface area (Å²) in [5.74, 6) is 1.44. The summed E-state index contributed by atoms with van der Waals surface area (Å²) in [5, 5.41) is 0. The Morgan fingerprint density at radius 3 is 2.83 bits per heavy atom. The van der Waals surface area contributed by atoms with E-state index < -0.39 is 5.60 Å². The van der Waals surface area contributed by atoms with Gasteiger partial charge in [-0.1, -0.05) is 30.4 Å². The van der Waals surface area contributed by atoms with Crippen LogP contribution in [-0.4, -0.2) is 32.3 Å². The molecule has 0 fully saturated rings. The second kappa shape index (κ2) is 7.31. The predicted octanol–water partition coefficient (Wildman–Crippen LogP) is 2.59. The topological polar surface area (TPSA) is 81.6 Å². The van der Waals surface area contributed by atoms with Gasteiger partial charge in [0.15, 0.2) is 5.60 Å². The standard InChI is InChI=1S/C24H23NO5/c1-27-15-7-9-19-21(13-15)29-22-14-16(28-12-4-11-25)8-10-20(22)24(19)18-6-3-2-5-17(18)23(26)30-24/h2-3,5-10,13-15,19H,4,11-12,25H2,1H3/p+1. The number of methoxy groups -OCH3 is 1. The highest BCUT2D eigenvalue weighted by Gasteiger charge is 2.57. The molecule has 0 amide bonds. The number of quaternary nitrogens is 1. The third-order valence-electron chi connectivity index (χ3n) is 5.88. The molecule has 1 spiro atoms. The maximum Gasteiger partial charge on any atom is 0.339 e. The Bertz CT molecular complexity index is 1060. The lowest BCUT2D eigenvalue weighted by atomic mass is 9.71. The highest BCUT2D eigenvalue weighted by atomic mass is 16.6. The smallest absolute Gasteiger partial charge is 0.339 e. The molecule has 154 valence electrons. The highest BCUT2D eigenvalue weighted by Crippen LogP contribution is 2.56. The lowest BCUT2D eigenvalue weighted by Crippen LogP contribution is -2.50. The van der Waals surface area contributed by atoms with E-state index in [0.29, 0.717) is 29.4 Å². The average molecular weight is 406 g/mol. The second-order valence-electron chi connectivity index (χ2n) is 7.62. The first-order valence-electron chi connectivity index (χ1n) is 10.2. The van der Waals surface area contributed by atoms with E-state index in [4.69, 9.17) is 18.9 Å². The Kier molecular flexibility index (Phi) is 4.60. The summed E-state index contributed by atoms with van der Waals surface area (Å²) in [7, 11) is 1.65.